The predicted octanol–water partition coefficient (Wildman–Crippen LogP) is 1.77. The number of hydrogen-bond donors (Lipinski definition) is 1. The molecule has 0 radical (unpaired) electrons. The zero-order valence-electron chi connectivity index (χ0n) is 12.4. The number of likely N-dealkylation sites (N-methyl/N-ethyl adjacent to an activating group) is 1. The molecule has 0 amide bonds. The molecule has 1 aliphatic carbocycles. The van der Waals surface area contributed by atoms with Crippen molar-refractivity contribution in [3.63, 3.8) is 0 Å². The molecule has 0 aromatic heterocycles. The van der Waals surface area contributed by atoms with Gasteiger partial charge in [0.15, 0.2) is 11.5 Å². The number of methoxy groups -OCH3 is 1. The minimum atomic E-state index is 0.0967. The second-order valence-corrected chi connectivity index (χ2v) is 6.14. The summed E-state index contributed by atoms with van der Waals surface area (Å²) in [6.45, 7) is 2.64. The van der Waals surface area contributed by atoms with E-state index in [0.717, 1.165) is 37.4 Å². The maximum atomic E-state index is 6.24. The molecular weight excluding hydrogens is 252 g/mol. The number of ether oxygens (including phenoxy) is 2. The summed E-state index contributed by atoms with van der Waals surface area (Å²) >= 11 is 0. The van der Waals surface area contributed by atoms with Gasteiger partial charge in [-0.25, -0.2) is 0 Å². The van der Waals surface area contributed by atoms with Gasteiger partial charge in [-0.05, 0) is 26.0 Å². The number of hydrogen-bond acceptors (Lipinski definition) is 4. The van der Waals surface area contributed by atoms with Gasteiger partial charge in [-0.15, -0.1) is 0 Å². The number of nitrogens with zero attached hydrogens (tertiary/aromatic N) is 1. The summed E-state index contributed by atoms with van der Waals surface area (Å²) in [4.78, 5) is 2.25. The summed E-state index contributed by atoms with van der Waals surface area (Å²) in [5.41, 5.74) is 7.39. The fraction of sp³-hybridized carbons (Fsp3) is 0.625. The van der Waals surface area contributed by atoms with Crippen molar-refractivity contribution >= 4 is 0 Å². The van der Waals surface area contributed by atoms with Crippen molar-refractivity contribution in [2.45, 2.75) is 30.8 Å². The molecular formula is C16H24N2O2. The van der Waals surface area contributed by atoms with Crippen LogP contribution in [0.15, 0.2) is 18.2 Å². The molecule has 0 bridgehead atoms. The number of benzene rings is 1. The molecule has 110 valence electrons. The van der Waals surface area contributed by atoms with Crippen molar-refractivity contribution < 1.29 is 9.47 Å². The van der Waals surface area contributed by atoms with Crippen LogP contribution >= 0.6 is 0 Å². The smallest absolute Gasteiger partial charge is 0.165 e. The Morgan fingerprint density at radius 3 is 2.60 bits per heavy atom. The molecule has 1 saturated carbocycles. The molecule has 0 atom stereocenters. The summed E-state index contributed by atoms with van der Waals surface area (Å²) in [5, 5.41) is 0. The highest BCUT2D eigenvalue weighted by Crippen LogP contribution is 2.49. The molecule has 1 aromatic rings. The lowest BCUT2D eigenvalue weighted by molar-refractivity contribution is 0.0344. The minimum absolute atomic E-state index is 0.0967. The molecule has 2 aliphatic rings. The van der Waals surface area contributed by atoms with Gasteiger partial charge in [0.2, 0.25) is 0 Å². The van der Waals surface area contributed by atoms with Crippen molar-refractivity contribution in [2.24, 2.45) is 5.73 Å². The largest absolute Gasteiger partial charge is 0.493 e. The second-order valence-electron chi connectivity index (χ2n) is 6.14. The van der Waals surface area contributed by atoms with Crippen LogP contribution in [0.4, 0.5) is 0 Å². The average Bonchev–Trinajstić information content (AvgIpc) is 2.37. The second kappa shape index (κ2) is 5.26. The van der Waals surface area contributed by atoms with E-state index in [2.05, 4.69) is 18.0 Å². The van der Waals surface area contributed by atoms with Crippen molar-refractivity contribution in [1.82, 2.24) is 4.90 Å². The summed E-state index contributed by atoms with van der Waals surface area (Å²) in [6, 6.07) is 6.18. The van der Waals surface area contributed by atoms with Crippen LogP contribution in [0.1, 0.15) is 24.8 Å². The highest BCUT2D eigenvalue weighted by atomic mass is 16.5. The zero-order chi connectivity index (χ0) is 14.2. The molecule has 1 aliphatic heterocycles. The minimum Gasteiger partial charge on any atom is -0.493 e. The van der Waals surface area contributed by atoms with Crippen LogP contribution in [0.3, 0.4) is 0 Å². The van der Waals surface area contributed by atoms with Gasteiger partial charge in [0, 0.05) is 30.6 Å². The topological polar surface area (TPSA) is 47.7 Å². The Morgan fingerprint density at radius 2 is 2.10 bits per heavy atom. The molecule has 1 aromatic carbocycles. The van der Waals surface area contributed by atoms with E-state index in [1.807, 2.05) is 12.1 Å². The molecule has 4 nitrogen and oxygen atoms in total. The molecule has 2 fully saturated rings. The molecule has 4 heteroatoms. The Kier molecular flexibility index (Phi) is 3.61. The molecule has 3 rings (SSSR count). The fourth-order valence-corrected chi connectivity index (χ4v) is 3.29. The van der Waals surface area contributed by atoms with Crippen LogP contribution in [0, 0.1) is 0 Å². The van der Waals surface area contributed by atoms with E-state index in [4.69, 9.17) is 15.2 Å². The van der Waals surface area contributed by atoms with Gasteiger partial charge in [-0.2, -0.15) is 0 Å². The predicted molar refractivity (Wildman–Crippen MR) is 79.5 cm³/mol. The summed E-state index contributed by atoms with van der Waals surface area (Å²) < 4.78 is 11.7. The highest BCUT2D eigenvalue weighted by Gasteiger charge is 2.41. The van der Waals surface area contributed by atoms with Crippen molar-refractivity contribution in [3.05, 3.63) is 23.8 Å². The number of likely N-dealkylation sites (tertiary alicyclic amines) is 1. The third-order valence-corrected chi connectivity index (χ3v) is 4.79. The van der Waals surface area contributed by atoms with Crippen molar-refractivity contribution in [2.75, 3.05) is 33.8 Å². The van der Waals surface area contributed by atoms with Gasteiger partial charge in [-0.3, -0.25) is 4.90 Å². The standard InChI is InChI=1S/C16H24N2O2/c1-18-9-12(10-18)20-15-13(5-3-6-14(15)19-2)16(11-17)7-4-8-16/h3,5-6,12H,4,7-11,17H2,1-2H3. The number of rotatable bonds is 5. The van der Waals surface area contributed by atoms with Gasteiger partial charge < -0.3 is 15.2 Å². The van der Waals surface area contributed by atoms with E-state index in [1.54, 1.807) is 7.11 Å². The van der Waals surface area contributed by atoms with Gasteiger partial charge >= 0.3 is 0 Å². The third kappa shape index (κ3) is 2.17. The van der Waals surface area contributed by atoms with Gasteiger partial charge in [-0.1, -0.05) is 18.6 Å². The van der Waals surface area contributed by atoms with Gasteiger partial charge in [0.25, 0.3) is 0 Å². The molecule has 20 heavy (non-hydrogen) atoms. The van der Waals surface area contributed by atoms with Crippen molar-refractivity contribution in [1.29, 1.82) is 0 Å². The molecule has 1 saturated heterocycles. The maximum absolute atomic E-state index is 6.24. The van der Waals surface area contributed by atoms with Crippen LogP contribution in [-0.4, -0.2) is 44.8 Å². The van der Waals surface area contributed by atoms with Crippen LogP contribution in [0.2, 0.25) is 0 Å². The van der Waals surface area contributed by atoms with E-state index in [-0.39, 0.29) is 11.5 Å². The monoisotopic (exact) mass is 276 g/mol. The van der Waals surface area contributed by atoms with E-state index in [9.17, 15) is 0 Å². The van der Waals surface area contributed by atoms with E-state index in [1.165, 1.54) is 12.0 Å². The van der Waals surface area contributed by atoms with Gasteiger partial charge in [0.1, 0.15) is 6.10 Å². The zero-order valence-corrected chi connectivity index (χ0v) is 12.4. The van der Waals surface area contributed by atoms with E-state index >= 15 is 0 Å². The van der Waals surface area contributed by atoms with Crippen molar-refractivity contribution in [3.8, 4) is 11.5 Å². The van der Waals surface area contributed by atoms with Crippen LogP contribution in [0.25, 0.3) is 0 Å². The van der Waals surface area contributed by atoms with E-state index in [0.29, 0.717) is 6.54 Å². The first kappa shape index (κ1) is 13.7. The lowest BCUT2D eigenvalue weighted by Crippen LogP contribution is -2.51. The first-order chi connectivity index (χ1) is 9.68. The highest BCUT2D eigenvalue weighted by molar-refractivity contribution is 5.51. The van der Waals surface area contributed by atoms with Crippen LogP contribution in [0.5, 0.6) is 11.5 Å². The fourth-order valence-electron chi connectivity index (χ4n) is 3.29. The Bertz CT molecular complexity index is 474. The van der Waals surface area contributed by atoms with Crippen LogP contribution in [-0.2, 0) is 5.41 Å². The number of nitrogens with two attached hydrogens (primary N) is 1. The van der Waals surface area contributed by atoms with Gasteiger partial charge in [0.05, 0.1) is 7.11 Å². The third-order valence-electron chi connectivity index (χ3n) is 4.79. The quantitative estimate of drug-likeness (QED) is 0.890. The lowest BCUT2D eigenvalue weighted by Gasteiger charge is -2.44. The first-order valence-electron chi connectivity index (χ1n) is 7.41. The van der Waals surface area contributed by atoms with E-state index < -0.39 is 0 Å². The Balaban J connectivity index is 1.92. The Labute approximate surface area is 120 Å². The molecule has 2 N–H and O–H groups in total. The average molecular weight is 276 g/mol. The number of para-hydroxylation sites is 1. The summed E-state index contributed by atoms with van der Waals surface area (Å²) in [6.07, 6.45) is 3.82. The maximum Gasteiger partial charge on any atom is 0.165 e. The molecule has 0 spiro atoms. The molecule has 1 heterocycles. The SMILES string of the molecule is COc1cccc(C2(CN)CCC2)c1OC1CN(C)C1. The molecule has 0 unspecified atom stereocenters. The lowest BCUT2D eigenvalue weighted by atomic mass is 9.64. The summed E-state index contributed by atoms with van der Waals surface area (Å²) in [7, 11) is 3.81. The summed E-state index contributed by atoms with van der Waals surface area (Å²) in [5.74, 6) is 1.75. The van der Waals surface area contributed by atoms with Crippen LogP contribution < -0.4 is 15.2 Å². The normalized spacial score (nSPS) is 21.9. The Morgan fingerprint density at radius 1 is 1.35 bits per heavy atom. The first-order valence-corrected chi connectivity index (χ1v) is 7.41. The Hall–Kier alpha value is -1.26.